The zero-order chi connectivity index (χ0) is 11.8. The third kappa shape index (κ3) is 1.94. The molecule has 4 heteroatoms. The van der Waals surface area contributed by atoms with Crippen LogP contribution >= 0.6 is 27.3 Å². The van der Waals surface area contributed by atoms with Crippen LogP contribution in [-0.2, 0) is 4.79 Å². The summed E-state index contributed by atoms with van der Waals surface area (Å²) in [7, 11) is 0. The summed E-state index contributed by atoms with van der Waals surface area (Å²) in [4.78, 5) is 12.9. The highest BCUT2D eigenvalue weighted by Crippen LogP contribution is 2.34. The molecule has 0 aliphatic carbocycles. The van der Waals surface area contributed by atoms with Crippen LogP contribution in [0.25, 0.3) is 11.6 Å². The summed E-state index contributed by atoms with van der Waals surface area (Å²) in [5.41, 5.74) is 2.59. The zero-order valence-electron chi connectivity index (χ0n) is 8.74. The Morgan fingerprint density at radius 3 is 2.76 bits per heavy atom. The third-order valence-electron chi connectivity index (χ3n) is 2.59. The van der Waals surface area contributed by atoms with Crippen molar-refractivity contribution in [3.8, 4) is 0 Å². The topological polar surface area (TPSA) is 29.1 Å². The molecule has 0 unspecified atom stereocenters. The molecule has 1 N–H and O–H groups in total. The van der Waals surface area contributed by atoms with E-state index in [1.165, 1.54) is 0 Å². The molecule has 1 aromatic heterocycles. The van der Waals surface area contributed by atoms with E-state index in [-0.39, 0.29) is 5.91 Å². The maximum Gasteiger partial charge on any atom is 0.256 e. The highest BCUT2D eigenvalue weighted by Gasteiger charge is 2.23. The SMILES string of the molecule is O=C1Nc2ccccc2C1=Cc1ccc(Br)s1. The number of thiophene rings is 1. The van der Waals surface area contributed by atoms with Crippen LogP contribution in [0.2, 0.25) is 0 Å². The van der Waals surface area contributed by atoms with E-state index in [2.05, 4.69) is 21.2 Å². The number of rotatable bonds is 1. The first-order valence-corrected chi connectivity index (χ1v) is 6.73. The normalized spacial score (nSPS) is 16.1. The molecule has 1 aliphatic heterocycles. The summed E-state index contributed by atoms with van der Waals surface area (Å²) < 4.78 is 1.07. The molecule has 84 valence electrons. The van der Waals surface area contributed by atoms with Gasteiger partial charge in [-0.25, -0.2) is 0 Å². The largest absolute Gasteiger partial charge is 0.321 e. The lowest BCUT2D eigenvalue weighted by Crippen LogP contribution is -2.03. The van der Waals surface area contributed by atoms with Crippen LogP contribution in [0.5, 0.6) is 0 Å². The summed E-state index contributed by atoms with van der Waals surface area (Å²) in [6, 6.07) is 11.7. The lowest BCUT2D eigenvalue weighted by atomic mass is 10.1. The van der Waals surface area contributed by atoms with E-state index in [9.17, 15) is 4.79 Å². The van der Waals surface area contributed by atoms with E-state index in [0.717, 1.165) is 25.5 Å². The van der Waals surface area contributed by atoms with Gasteiger partial charge in [0.2, 0.25) is 0 Å². The fraction of sp³-hybridized carbons (Fsp3) is 0. The number of hydrogen-bond donors (Lipinski definition) is 1. The van der Waals surface area contributed by atoms with Crippen molar-refractivity contribution >= 4 is 50.5 Å². The molecular formula is C13H8BrNOS. The van der Waals surface area contributed by atoms with E-state index in [0.29, 0.717) is 0 Å². The number of carbonyl (C=O) groups is 1. The van der Waals surface area contributed by atoms with Gasteiger partial charge in [-0.05, 0) is 40.2 Å². The van der Waals surface area contributed by atoms with Crippen molar-refractivity contribution in [2.75, 3.05) is 5.32 Å². The number of carbonyl (C=O) groups excluding carboxylic acids is 1. The van der Waals surface area contributed by atoms with Gasteiger partial charge in [0.05, 0.1) is 9.36 Å². The van der Waals surface area contributed by atoms with Crippen LogP contribution in [0, 0.1) is 0 Å². The lowest BCUT2D eigenvalue weighted by Gasteiger charge is -1.95. The van der Waals surface area contributed by atoms with Crippen molar-refractivity contribution in [3.05, 3.63) is 50.6 Å². The van der Waals surface area contributed by atoms with E-state index < -0.39 is 0 Å². The second kappa shape index (κ2) is 4.13. The van der Waals surface area contributed by atoms with Crippen LogP contribution in [0.15, 0.2) is 40.2 Å². The van der Waals surface area contributed by atoms with Crippen LogP contribution in [0.3, 0.4) is 0 Å². The van der Waals surface area contributed by atoms with Gasteiger partial charge >= 0.3 is 0 Å². The third-order valence-corrected chi connectivity index (χ3v) is 4.16. The summed E-state index contributed by atoms with van der Waals surface area (Å²) >= 11 is 5.03. The number of halogens is 1. The van der Waals surface area contributed by atoms with Gasteiger partial charge in [-0.1, -0.05) is 18.2 Å². The Kier molecular flexibility index (Phi) is 2.61. The van der Waals surface area contributed by atoms with Crippen molar-refractivity contribution in [3.63, 3.8) is 0 Å². The van der Waals surface area contributed by atoms with Gasteiger partial charge in [0.25, 0.3) is 5.91 Å². The molecule has 2 aromatic rings. The van der Waals surface area contributed by atoms with Gasteiger partial charge in [0, 0.05) is 16.1 Å². The number of amides is 1. The summed E-state index contributed by atoms with van der Waals surface area (Å²) in [6.07, 6.45) is 1.93. The summed E-state index contributed by atoms with van der Waals surface area (Å²) in [5.74, 6) is -0.0317. The predicted molar refractivity (Wildman–Crippen MR) is 75.0 cm³/mol. The molecular weight excluding hydrogens is 298 g/mol. The Morgan fingerprint density at radius 2 is 2.00 bits per heavy atom. The minimum absolute atomic E-state index is 0.0317. The van der Waals surface area contributed by atoms with Crippen LogP contribution in [0.1, 0.15) is 10.4 Å². The van der Waals surface area contributed by atoms with Crippen molar-refractivity contribution in [1.82, 2.24) is 0 Å². The minimum Gasteiger partial charge on any atom is -0.321 e. The molecule has 1 amide bonds. The first kappa shape index (κ1) is 10.7. The number of para-hydroxylation sites is 1. The van der Waals surface area contributed by atoms with Gasteiger partial charge in [0.1, 0.15) is 0 Å². The molecule has 0 saturated carbocycles. The van der Waals surface area contributed by atoms with Crippen molar-refractivity contribution in [2.45, 2.75) is 0 Å². The number of benzene rings is 1. The molecule has 0 radical (unpaired) electrons. The summed E-state index contributed by atoms with van der Waals surface area (Å²) in [6.45, 7) is 0. The van der Waals surface area contributed by atoms with Gasteiger partial charge in [-0.15, -0.1) is 11.3 Å². The fourth-order valence-electron chi connectivity index (χ4n) is 1.83. The maximum atomic E-state index is 11.9. The van der Waals surface area contributed by atoms with Crippen molar-refractivity contribution in [1.29, 1.82) is 0 Å². The molecule has 0 fully saturated rings. The van der Waals surface area contributed by atoms with Crippen LogP contribution < -0.4 is 5.32 Å². The molecule has 17 heavy (non-hydrogen) atoms. The number of fused-ring (bicyclic) bond motifs is 1. The minimum atomic E-state index is -0.0317. The van der Waals surface area contributed by atoms with Crippen molar-refractivity contribution in [2.24, 2.45) is 0 Å². The molecule has 0 bridgehead atoms. The van der Waals surface area contributed by atoms with E-state index in [1.54, 1.807) is 11.3 Å². The Labute approximate surface area is 111 Å². The van der Waals surface area contributed by atoms with E-state index in [1.807, 2.05) is 42.5 Å². The molecule has 1 aromatic carbocycles. The van der Waals surface area contributed by atoms with Crippen LogP contribution in [0.4, 0.5) is 5.69 Å². The molecule has 1 aliphatic rings. The molecule has 3 rings (SSSR count). The second-order valence-electron chi connectivity index (χ2n) is 3.70. The summed E-state index contributed by atoms with van der Waals surface area (Å²) in [5, 5.41) is 2.86. The second-order valence-corrected chi connectivity index (χ2v) is 6.19. The lowest BCUT2D eigenvalue weighted by molar-refractivity contribution is -0.110. The molecule has 2 nitrogen and oxygen atoms in total. The Bertz CT molecular complexity index is 630. The predicted octanol–water partition coefficient (Wildman–Crippen LogP) is 4.00. The number of anilines is 1. The van der Waals surface area contributed by atoms with Gasteiger partial charge in [0.15, 0.2) is 0 Å². The monoisotopic (exact) mass is 305 g/mol. The van der Waals surface area contributed by atoms with E-state index in [4.69, 9.17) is 0 Å². The van der Waals surface area contributed by atoms with Gasteiger partial charge < -0.3 is 5.32 Å². The van der Waals surface area contributed by atoms with Gasteiger partial charge in [-0.3, -0.25) is 4.79 Å². The first-order chi connectivity index (χ1) is 8.24. The molecule has 0 saturated heterocycles. The Balaban J connectivity index is 2.09. The molecule has 0 atom stereocenters. The molecule has 0 spiro atoms. The smallest absolute Gasteiger partial charge is 0.256 e. The average Bonchev–Trinajstić information content (AvgIpc) is 2.85. The molecule has 2 heterocycles. The highest BCUT2D eigenvalue weighted by molar-refractivity contribution is 9.11. The highest BCUT2D eigenvalue weighted by atomic mass is 79.9. The Hall–Kier alpha value is -1.39. The maximum absolute atomic E-state index is 11.9. The quantitative estimate of drug-likeness (QED) is 0.793. The number of hydrogen-bond acceptors (Lipinski definition) is 2. The van der Waals surface area contributed by atoms with E-state index >= 15 is 0 Å². The average molecular weight is 306 g/mol. The number of nitrogens with one attached hydrogen (secondary N) is 1. The van der Waals surface area contributed by atoms with Gasteiger partial charge in [-0.2, -0.15) is 0 Å². The standard InChI is InChI=1S/C13H8BrNOS/c14-12-6-5-8(17-12)7-10-9-3-1-2-4-11(9)15-13(10)16/h1-7H,(H,15,16). The fourth-order valence-corrected chi connectivity index (χ4v) is 3.20. The first-order valence-electron chi connectivity index (χ1n) is 5.12. The zero-order valence-corrected chi connectivity index (χ0v) is 11.1. The Morgan fingerprint density at radius 1 is 1.18 bits per heavy atom. The van der Waals surface area contributed by atoms with Crippen molar-refractivity contribution < 1.29 is 4.79 Å². The van der Waals surface area contributed by atoms with Crippen LogP contribution in [-0.4, -0.2) is 5.91 Å².